The summed E-state index contributed by atoms with van der Waals surface area (Å²) < 4.78 is 13.2. The zero-order valence-corrected chi connectivity index (χ0v) is 18.7. The van der Waals surface area contributed by atoms with E-state index in [4.69, 9.17) is 9.47 Å². The van der Waals surface area contributed by atoms with E-state index in [1.807, 2.05) is 18.2 Å². The molecular formula is C23H19BrN4O4. The zero-order valence-electron chi connectivity index (χ0n) is 17.1. The normalized spacial score (nSPS) is 10.7. The first-order valence-electron chi connectivity index (χ1n) is 9.68. The monoisotopic (exact) mass is 494 g/mol. The molecule has 0 aliphatic heterocycles. The number of hydrogen-bond donors (Lipinski definition) is 1. The summed E-state index contributed by atoms with van der Waals surface area (Å²) in [5.41, 5.74) is 1.75. The van der Waals surface area contributed by atoms with Crippen molar-refractivity contribution in [2.75, 3.05) is 12.4 Å². The highest BCUT2D eigenvalue weighted by Crippen LogP contribution is 2.31. The van der Waals surface area contributed by atoms with Gasteiger partial charge in [0.25, 0.3) is 5.56 Å². The molecule has 0 saturated carbocycles. The highest BCUT2D eigenvalue weighted by molar-refractivity contribution is 9.10. The minimum Gasteiger partial charge on any atom is -0.493 e. The van der Waals surface area contributed by atoms with Gasteiger partial charge in [-0.2, -0.15) is 0 Å². The Morgan fingerprint density at radius 3 is 2.69 bits per heavy atom. The van der Waals surface area contributed by atoms with Gasteiger partial charge in [0, 0.05) is 28.6 Å². The summed E-state index contributed by atoms with van der Waals surface area (Å²) in [7, 11) is 1.55. The maximum absolute atomic E-state index is 12.7. The summed E-state index contributed by atoms with van der Waals surface area (Å²) >= 11 is 3.35. The van der Waals surface area contributed by atoms with Gasteiger partial charge in [0.2, 0.25) is 5.91 Å². The van der Waals surface area contributed by atoms with Gasteiger partial charge in [-0.25, -0.2) is 4.98 Å². The second kappa shape index (κ2) is 9.61. The van der Waals surface area contributed by atoms with Crippen LogP contribution in [0.2, 0.25) is 0 Å². The van der Waals surface area contributed by atoms with Crippen molar-refractivity contribution < 1.29 is 14.3 Å². The van der Waals surface area contributed by atoms with Gasteiger partial charge in [0.15, 0.2) is 11.5 Å². The molecular weight excluding hydrogens is 476 g/mol. The molecule has 0 aliphatic rings. The Bertz CT molecular complexity index is 1320. The molecule has 8 nitrogen and oxygen atoms in total. The largest absolute Gasteiger partial charge is 0.493 e. The fourth-order valence-corrected chi connectivity index (χ4v) is 3.47. The first-order valence-corrected chi connectivity index (χ1v) is 10.5. The third-order valence-electron chi connectivity index (χ3n) is 4.69. The number of rotatable bonds is 7. The number of methoxy groups -OCH3 is 1. The van der Waals surface area contributed by atoms with Gasteiger partial charge in [-0.3, -0.25) is 19.1 Å². The molecule has 0 fully saturated rings. The fraction of sp³-hybridized carbons (Fsp3) is 0.130. The van der Waals surface area contributed by atoms with E-state index < -0.39 is 0 Å². The number of nitrogens with zero attached hydrogens (tertiary/aromatic N) is 3. The second-order valence-electron chi connectivity index (χ2n) is 6.90. The molecule has 32 heavy (non-hydrogen) atoms. The Labute approximate surface area is 192 Å². The van der Waals surface area contributed by atoms with Gasteiger partial charge in [-0.05, 0) is 48.0 Å². The molecule has 4 aromatic rings. The Balaban J connectivity index is 1.49. The van der Waals surface area contributed by atoms with Crippen LogP contribution in [0.15, 0.2) is 76.5 Å². The van der Waals surface area contributed by atoms with Crippen molar-refractivity contribution in [3.8, 4) is 11.5 Å². The molecule has 0 radical (unpaired) electrons. The number of carbonyl (C=O) groups excluding carboxylic acids is 1. The van der Waals surface area contributed by atoms with Crippen LogP contribution in [0.4, 0.5) is 5.69 Å². The quantitative estimate of drug-likeness (QED) is 0.420. The van der Waals surface area contributed by atoms with E-state index in [0.717, 1.165) is 10.0 Å². The second-order valence-corrected chi connectivity index (χ2v) is 7.81. The summed E-state index contributed by atoms with van der Waals surface area (Å²) in [5, 5.41) is 3.22. The molecule has 0 atom stereocenters. The predicted octanol–water partition coefficient (Wildman–Crippen LogP) is 3.78. The van der Waals surface area contributed by atoms with Crippen molar-refractivity contribution in [3.63, 3.8) is 0 Å². The molecule has 4 rings (SSSR count). The van der Waals surface area contributed by atoms with E-state index in [9.17, 15) is 9.59 Å². The van der Waals surface area contributed by atoms with E-state index >= 15 is 0 Å². The molecule has 9 heteroatoms. The summed E-state index contributed by atoms with van der Waals surface area (Å²) in [6.07, 6.45) is 4.75. The molecule has 2 heterocycles. The third kappa shape index (κ3) is 4.94. The molecule has 2 aromatic carbocycles. The molecule has 0 aliphatic carbocycles. The first-order chi connectivity index (χ1) is 15.5. The van der Waals surface area contributed by atoms with E-state index in [1.165, 1.54) is 10.9 Å². The lowest BCUT2D eigenvalue weighted by molar-refractivity contribution is -0.116. The number of hydrogen-bond acceptors (Lipinski definition) is 6. The van der Waals surface area contributed by atoms with Gasteiger partial charge in [-0.15, -0.1) is 0 Å². The summed E-state index contributed by atoms with van der Waals surface area (Å²) in [5.74, 6) is 0.655. The van der Waals surface area contributed by atoms with E-state index in [2.05, 4.69) is 31.2 Å². The van der Waals surface area contributed by atoms with Crippen LogP contribution in [0.25, 0.3) is 10.9 Å². The predicted molar refractivity (Wildman–Crippen MR) is 124 cm³/mol. The minimum atomic E-state index is -0.367. The summed E-state index contributed by atoms with van der Waals surface area (Å²) in [4.78, 5) is 33.5. The fourth-order valence-electron chi connectivity index (χ4n) is 3.11. The van der Waals surface area contributed by atoms with Gasteiger partial charge >= 0.3 is 0 Å². The molecule has 0 unspecified atom stereocenters. The Morgan fingerprint density at radius 2 is 1.91 bits per heavy atom. The van der Waals surface area contributed by atoms with Crippen LogP contribution in [-0.2, 0) is 17.9 Å². The zero-order chi connectivity index (χ0) is 22.5. The van der Waals surface area contributed by atoms with Crippen molar-refractivity contribution >= 4 is 38.4 Å². The number of aromatic nitrogens is 3. The number of fused-ring (bicyclic) bond motifs is 1. The molecule has 162 valence electrons. The smallest absolute Gasteiger partial charge is 0.261 e. The van der Waals surface area contributed by atoms with Crippen LogP contribution >= 0.6 is 15.9 Å². The van der Waals surface area contributed by atoms with E-state index in [1.54, 1.807) is 49.8 Å². The van der Waals surface area contributed by atoms with Crippen LogP contribution in [-0.4, -0.2) is 27.6 Å². The molecule has 1 amide bonds. The van der Waals surface area contributed by atoms with Gasteiger partial charge in [0.05, 0.1) is 24.3 Å². The maximum Gasteiger partial charge on any atom is 0.261 e. The number of carbonyl (C=O) groups is 1. The lowest BCUT2D eigenvalue weighted by Crippen LogP contribution is -2.27. The number of anilines is 1. The minimum absolute atomic E-state index is 0.173. The average Bonchev–Trinajstić information content (AvgIpc) is 2.80. The molecule has 0 saturated heterocycles. The summed E-state index contributed by atoms with van der Waals surface area (Å²) in [6, 6.07) is 14.0. The molecule has 0 bridgehead atoms. The number of benzene rings is 2. The average molecular weight is 495 g/mol. The van der Waals surface area contributed by atoms with Crippen molar-refractivity contribution in [1.29, 1.82) is 0 Å². The van der Waals surface area contributed by atoms with E-state index in [0.29, 0.717) is 34.7 Å². The van der Waals surface area contributed by atoms with Crippen molar-refractivity contribution in [2.45, 2.75) is 13.2 Å². The maximum atomic E-state index is 12.7. The Kier molecular flexibility index (Phi) is 6.46. The van der Waals surface area contributed by atoms with Crippen molar-refractivity contribution in [2.24, 2.45) is 0 Å². The van der Waals surface area contributed by atoms with Crippen LogP contribution in [0, 0.1) is 0 Å². The highest BCUT2D eigenvalue weighted by atomic mass is 79.9. The number of halogens is 1. The Morgan fingerprint density at radius 1 is 1.09 bits per heavy atom. The van der Waals surface area contributed by atoms with Crippen LogP contribution in [0.5, 0.6) is 11.5 Å². The number of amides is 1. The van der Waals surface area contributed by atoms with Crippen LogP contribution in [0.3, 0.4) is 0 Å². The number of pyridine rings is 1. The summed E-state index contributed by atoms with van der Waals surface area (Å²) in [6.45, 7) is 0.150. The third-order valence-corrected chi connectivity index (χ3v) is 5.18. The number of ether oxygens (including phenoxy) is 2. The highest BCUT2D eigenvalue weighted by Gasteiger charge is 2.11. The standard InChI is InChI=1S/C23H19BrN4O4/c1-31-20-5-3-17(11-21(20)32-13-15-6-8-25-9-7-15)27-22(29)12-28-14-26-19-4-2-16(24)10-18(19)23(28)30/h2-11,14H,12-13H2,1H3,(H,27,29). The van der Waals surface area contributed by atoms with Gasteiger partial charge in [-0.1, -0.05) is 15.9 Å². The number of nitrogens with one attached hydrogen (secondary N) is 1. The lowest BCUT2D eigenvalue weighted by atomic mass is 10.2. The van der Waals surface area contributed by atoms with E-state index in [-0.39, 0.29) is 18.0 Å². The molecule has 1 N–H and O–H groups in total. The molecule has 2 aromatic heterocycles. The molecule has 0 spiro atoms. The van der Waals surface area contributed by atoms with Crippen molar-refractivity contribution in [3.05, 3.63) is 87.6 Å². The van der Waals surface area contributed by atoms with Crippen LogP contribution in [0.1, 0.15) is 5.56 Å². The lowest BCUT2D eigenvalue weighted by Gasteiger charge is -2.13. The Hall–Kier alpha value is -3.72. The topological polar surface area (TPSA) is 95.3 Å². The van der Waals surface area contributed by atoms with Crippen molar-refractivity contribution in [1.82, 2.24) is 14.5 Å². The van der Waals surface area contributed by atoms with Gasteiger partial charge < -0.3 is 14.8 Å². The van der Waals surface area contributed by atoms with Crippen LogP contribution < -0.4 is 20.3 Å². The van der Waals surface area contributed by atoms with Gasteiger partial charge in [0.1, 0.15) is 13.2 Å². The SMILES string of the molecule is COc1ccc(NC(=O)Cn2cnc3ccc(Br)cc3c2=O)cc1OCc1ccncc1. The first kappa shape index (κ1) is 21.5.